The summed E-state index contributed by atoms with van der Waals surface area (Å²) >= 11 is 0. The highest BCUT2D eigenvalue weighted by atomic mass is 19.4. The van der Waals surface area contributed by atoms with Crippen LogP contribution in [0.5, 0.6) is 0 Å². The summed E-state index contributed by atoms with van der Waals surface area (Å²) in [5.74, 6) is -1.47. The van der Waals surface area contributed by atoms with Crippen LogP contribution >= 0.6 is 0 Å². The Balaban J connectivity index is 1.82. The molecule has 1 saturated carbocycles. The third kappa shape index (κ3) is 4.35. The molecule has 3 rings (SSSR count). The van der Waals surface area contributed by atoms with Gasteiger partial charge < -0.3 is 10.3 Å². The van der Waals surface area contributed by atoms with E-state index in [0.717, 1.165) is 31.0 Å². The van der Waals surface area contributed by atoms with E-state index >= 15 is 0 Å². The molecule has 1 aromatic heterocycles. The lowest BCUT2D eigenvalue weighted by atomic mass is 10.0. The normalized spacial score (nSPS) is 15.4. The molecule has 0 bridgehead atoms. The highest BCUT2D eigenvalue weighted by Gasteiger charge is 2.34. The van der Waals surface area contributed by atoms with Gasteiger partial charge in [-0.3, -0.25) is 9.59 Å². The van der Waals surface area contributed by atoms with Crippen molar-refractivity contribution in [1.82, 2.24) is 15.3 Å². The molecule has 1 amide bonds. The van der Waals surface area contributed by atoms with Gasteiger partial charge in [-0.2, -0.15) is 13.2 Å². The molecule has 0 radical (unpaired) electrons. The summed E-state index contributed by atoms with van der Waals surface area (Å²) in [5.41, 5.74) is -1.70. The lowest BCUT2D eigenvalue weighted by Gasteiger charge is -2.18. The van der Waals surface area contributed by atoms with Crippen molar-refractivity contribution in [1.29, 1.82) is 0 Å². The van der Waals surface area contributed by atoms with E-state index in [1.54, 1.807) is 6.92 Å². The Morgan fingerprint density at radius 2 is 2.04 bits per heavy atom. The van der Waals surface area contributed by atoms with Crippen molar-refractivity contribution in [3.63, 3.8) is 0 Å². The Hall–Kier alpha value is -2.71. The molecule has 144 valence electrons. The smallest absolute Gasteiger partial charge is 0.344 e. The molecule has 0 saturated heterocycles. The molecule has 9 heteroatoms. The fraction of sp³-hybridized carbons (Fsp3) is 0.389. The van der Waals surface area contributed by atoms with Gasteiger partial charge in [0.25, 0.3) is 11.5 Å². The first kappa shape index (κ1) is 19.1. The minimum absolute atomic E-state index is 0.0773. The molecule has 0 aliphatic heterocycles. The topological polar surface area (TPSA) is 74.8 Å². The van der Waals surface area contributed by atoms with Crippen molar-refractivity contribution < 1.29 is 22.4 Å². The lowest BCUT2D eigenvalue weighted by molar-refractivity contribution is -0.140. The fourth-order valence-corrected chi connectivity index (χ4v) is 2.77. The summed E-state index contributed by atoms with van der Waals surface area (Å²) in [6, 6.07) is 2.87. The number of carbonyl (C=O) groups excluding carboxylic acids is 1. The van der Waals surface area contributed by atoms with Gasteiger partial charge in [0.05, 0.1) is 11.6 Å². The second-order valence-corrected chi connectivity index (χ2v) is 6.46. The number of hydrogen-bond donors (Lipinski definition) is 2. The molecule has 1 fully saturated rings. The average molecular weight is 383 g/mol. The number of nitrogens with one attached hydrogen (secondary N) is 2. The maximum Gasteiger partial charge on any atom is 0.419 e. The monoisotopic (exact) mass is 383 g/mol. The van der Waals surface area contributed by atoms with E-state index in [2.05, 4.69) is 15.3 Å². The molecule has 1 aliphatic carbocycles. The molecule has 2 N–H and O–H groups in total. The number of halogens is 4. The zero-order valence-electron chi connectivity index (χ0n) is 14.4. The first-order chi connectivity index (χ1) is 12.7. The Bertz CT molecular complexity index is 920. The molecule has 1 atom stereocenters. The number of alkyl halides is 3. The summed E-state index contributed by atoms with van der Waals surface area (Å²) in [4.78, 5) is 30.9. The largest absolute Gasteiger partial charge is 0.419 e. The minimum atomic E-state index is -4.79. The Kier molecular flexibility index (Phi) is 5.03. The summed E-state index contributed by atoms with van der Waals surface area (Å²) in [6.45, 7) is 1.70. The third-order valence-corrected chi connectivity index (χ3v) is 4.37. The van der Waals surface area contributed by atoms with Crippen LogP contribution in [0.15, 0.2) is 29.1 Å². The second kappa shape index (κ2) is 7.13. The Morgan fingerprint density at radius 1 is 1.33 bits per heavy atom. The van der Waals surface area contributed by atoms with E-state index < -0.39 is 35.1 Å². The zero-order chi connectivity index (χ0) is 19.8. The minimum Gasteiger partial charge on any atom is -0.344 e. The second-order valence-electron chi connectivity index (χ2n) is 6.46. The molecular formula is C18H17F4N3O2. The number of aromatic amines is 1. The van der Waals surface area contributed by atoms with Gasteiger partial charge in [0, 0.05) is 12.0 Å². The first-order valence-electron chi connectivity index (χ1n) is 8.47. The molecule has 27 heavy (non-hydrogen) atoms. The number of H-pyrrole nitrogens is 1. The van der Waals surface area contributed by atoms with Crippen molar-refractivity contribution in [2.75, 3.05) is 0 Å². The summed E-state index contributed by atoms with van der Waals surface area (Å²) in [7, 11) is 0. The molecule has 0 spiro atoms. The SMILES string of the molecule is CCC(NC(=O)c1cc(=O)[nH]c(C2CC2)n1)c1ccc(C(F)(F)F)c(F)c1. The highest BCUT2D eigenvalue weighted by molar-refractivity contribution is 5.92. The van der Waals surface area contributed by atoms with Crippen LogP contribution in [0.4, 0.5) is 17.6 Å². The van der Waals surface area contributed by atoms with Gasteiger partial charge in [0.1, 0.15) is 17.3 Å². The summed E-state index contributed by atoms with van der Waals surface area (Å²) in [6.07, 6.45) is -2.70. The van der Waals surface area contributed by atoms with E-state index in [1.807, 2.05) is 0 Å². The molecule has 1 aliphatic rings. The molecule has 1 aromatic carbocycles. The predicted octanol–water partition coefficient (Wildman–Crippen LogP) is 3.69. The van der Waals surface area contributed by atoms with Crippen molar-refractivity contribution >= 4 is 5.91 Å². The van der Waals surface area contributed by atoms with Crippen LogP contribution in [0, 0.1) is 5.82 Å². The predicted molar refractivity (Wildman–Crippen MR) is 88.7 cm³/mol. The van der Waals surface area contributed by atoms with Crippen molar-refractivity contribution in [3.8, 4) is 0 Å². The molecule has 1 unspecified atom stereocenters. The van der Waals surface area contributed by atoms with E-state index in [1.165, 1.54) is 0 Å². The van der Waals surface area contributed by atoms with Crippen molar-refractivity contribution in [3.05, 3.63) is 63.1 Å². The van der Waals surface area contributed by atoms with Gasteiger partial charge in [-0.15, -0.1) is 0 Å². The number of nitrogens with zero attached hydrogens (tertiary/aromatic N) is 1. The molecule has 1 heterocycles. The van der Waals surface area contributed by atoms with Crippen LogP contribution in [0.1, 0.15) is 65.6 Å². The van der Waals surface area contributed by atoms with Crippen LogP contribution in [-0.4, -0.2) is 15.9 Å². The van der Waals surface area contributed by atoms with Gasteiger partial charge in [0.2, 0.25) is 0 Å². The van der Waals surface area contributed by atoms with Crippen LogP contribution in [0.3, 0.4) is 0 Å². The standard InChI is InChI=1S/C18H17F4N3O2/c1-2-13(10-5-6-11(12(19)7-10)18(20,21)22)24-17(27)14-8-15(26)25-16(23-14)9-3-4-9/h5-9,13H,2-4H2,1H3,(H,24,27)(H,23,25,26). The fourth-order valence-electron chi connectivity index (χ4n) is 2.77. The third-order valence-electron chi connectivity index (χ3n) is 4.37. The van der Waals surface area contributed by atoms with Crippen molar-refractivity contribution in [2.24, 2.45) is 0 Å². The highest BCUT2D eigenvalue weighted by Crippen LogP contribution is 2.37. The lowest BCUT2D eigenvalue weighted by Crippen LogP contribution is -2.30. The maximum atomic E-state index is 13.8. The van der Waals surface area contributed by atoms with Gasteiger partial charge >= 0.3 is 6.18 Å². The number of hydrogen-bond acceptors (Lipinski definition) is 3. The number of rotatable bonds is 5. The number of amides is 1. The quantitative estimate of drug-likeness (QED) is 0.774. The Labute approximate surface area is 151 Å². The van der Waals surface area contributed by atoms with Crippen molar-refractivity contribution in [2.45, 2.75) is 44.3 Å². The van der Waals surface area contributed by atoms with Crippen LogP contribution in [-0.2, 0) is 6.18 Å². The maximum absolute atomic E-state index is 13.8. The molecule has 5 nitrogen and oxygen atoms in total. The van der Waals surface area contributed by atoms with Gasteiger partial charge in [0.15, 0.2) is 0 Å². The Morgan fingerprint density at radius 3 is 2.59 bits per heavy atom. The number of aromatic nitrogens is 2. The van der Waals surface area contributed by atoms with E-state index in [4.69, 9.17) is 0 Å². The van der Waals surface area contributed by atoms with Gasteiger partial charge in [-0.1, -0.05) is 13.0 Å². The molecule has 2 aromatic rings. The number of carbonyl (C=O) groups is 1. The van der Waals surface area contributed by atoms with E-state index in [0.29, 0.717) is 18.3 Å². The molecular weight excluding hydrogens is 366 g/mol. The van der Waals surface area contributed by atoms with Gasteiger partial charge in [-0.25, -0.2) is 9.37 Å². The van der Waals surface area contributed by atoms with E-state index in [9.17, 15) is 27.2 Å². The van der Waals surface area contributed by atoms with Crippen LogP contribution in [0.2, 0.25) is 0 Å². The first-order valence-corrected chi connectivity index (χ1v) is 8.47. The van der Waals surface area contributed by atoms with Gasteiger partial charge in [-0.05, 0) is 37.0 Å². The average Bonchev–Trinajstić information content (AvgIpc) is 3.42. The summed E-state index contributed by atoms with van der Waals surface area (Å²) < 4.78 is 51.9. The zero-order valence-corrected chi connectivity index (χ0v) is 14.4. The van der Waals surface area contributed by atoms with E-state index in [-0.39, 0.29) is 17.2 Å². The number of benzene rings is 1. The summed E-state index contributed by atoms with van der Waals surface area (Å²) in [5, 5.41) is 2.60. The van der Waals surface area contributed by atoms with Crippen LogP contribution < -0.4 is 10.9 Å². The van der Waals surface area contributed by atoms with Crippen LogP contribution in [0.25, 0.3) is 0 Å².